The molecule has 2 aliphatic heterocycles. The van der Waals surface area contributed by atoms with Crippen molar-refractivity contribution >= 4 is 0 Å². The van der Waals surface area contributed by atoms with Gasteiger partial charge in [0.2, 0.25) is 0 Å². The third-order valence-corrected chi connectivity index (χ3v) is 3.70. The number of rotatable bonds is 0. The molecule has 3 nitrogen and oxygen atoms in total. The highest BCUT2D eigenvalue weighted by molar-refractivity contribution is 5.21. The summed E-state index contributed by atoms with van der Waals surface area (Å²) in [5.74, 6) is 1.20. The first-order chi connectivity index (χ1) is 7.25. The summed E-state index contributed by atoms with van der Waals surface area (Å²) < 4.78 is 2.00. The first kappa shape index (κ1) is 9.16. The van der Waals surface area contributed by atoms with E-state index in [4.69, 9.17) is 0 Å². The minimum Gasteiger partial charge on any atom is -0.316 e. The normalized spacial score (nSPS) is 28.6. The predicted octanol–water partition coefficient (Wildman–Crippen LogP) is 0.863. The van der Waals surface area contributed by atoms with Gasteiger partial charge < -0.3 is 9.88 Å². The number of hydrogen-bond acceptors (Lipinski definition) is 2. The highest BCUT2D eigenvalue weighted by Gasteiger charge is 2.30. The maximum absolute atomic E-state index is 12.0. The Bertz CT molecular complexity index is 449. The molecule has 0 radical (unpaired) electrons. The summed E-state index contributed by atoms with van der Waals surface area (Å²) in [5.41, 5.74) is 2.31. The van der Waals surface area contributed by atoms with E-state index in [9.17, 15) is 4.79 Å². The number of hydrogen-bond donors (Lipinski definition) is 1. The van der Waals surface area contributed by atoms with Crippen molar-refractivity contribution in [3.63, 3.8) is 0 Å². The topological polar surface area (TPSA) is 34.0 Å². The fourth-order valence-corrected chi connectivity index (χ4v) is 2.90. The van der Waals surface area contributed by atoms with Crippen LogP contribution in [0.5, 0.6) is 0 Å². The van der Waals surface area contributed by atoms with Gasteiger partial charge in [0.15, 0.2) is 0 Å². The maximum Gasteiger partial charge on any atom is 0.253 e. The Labute approximate surface area is 89.1 Å². The molecule has 1 N–H and O–H groups in total. The zero-order valence-corrected chi connectivity index (χ0v) is 8.99. The van der Waals surface area contributed by atoms with E-state index in [1.54, 1.807) is 0 Å². The number of fused-ring (bicyclic) bond motifs is 4. The fourth-order valence-electron chi connectivity index (χ4n) is 2.90. The van der Waals surface area contributed by atoms with E-state index in [1.165, 1.54) is 12.1 Å². The summed E-state index contributed by atoms with van der Waals surface area (Å²) in [7, 11) is 0. The SMILES string of the molecule is Cc1ccc2n(c1=O)C[C@@H]1CNC[C@H]2C1. The summed E-state index contributed by atoms with van der Waals surface area (Å²) >= 11 is 0. The molecule has 0 aliphatic carbocycles. The van der Waals surface area contributed by atoms with Crippen LogP contribution in [0.3, 0.4) is 0 Å². The minimum absolute atomic E-state index is 0.212. The molecule has 0 unspecified atom stereocenters. The van der Waals surface area contributed by atoms with Crippen molar-refractivity contribution in [1.82, 2.24) is 9.88 Å². The average Bonchev–Trinajstić information content (AvgIpc) is 2.25. The molecule has 80 valence electrons. The monoisotopic (exact) mass is 204 g/mol. The van der Waals surface area contributed by atoms with E-state index >= 15 is 0 Å². The molecule has 3 rings (SSSR count). The number of nitrogens with one attached hydrogen (secondary N) is 1. The van der Waals surface area contributed by atoms with Crippen LogP contribution in [-0.4, -0.2) is 17.7 Å². The van der Waals surface area contributed by atoms with Gasteiger partial charge in [0.05, 0.1) is 0 Å². The van der Waals surface area contributed by atoms with Crippen molar-refractivity contribution in [2.45, 2.75) is 25.8 Å². The Morgan fingerprint density at radius 1 is 1.40 bits per heavy atom. The third-order valence-electron chi connectivity index (χ3n) is 3.70. The molecule has 3 heteroatoms. The molecule has 0 spiro atoms. The Balaban J connectivity index is 2.17. The van der Waals surface area contributed by atoms with Crippen molar-refractivity contribution in [3.8, 4) is 0 Å². The zero-order chi connectivity index (χ0) is 10.4. The summed E-state index contributed by atoms with van der Waals surface area (Å²) in [5, 5.41) is 3.45. The van der Waals surface area contributed by atoms with Crippen LogP contribution in [0, 0.1) is 12.8 Å². The molecule has 0 saturated carbocycles. The maximum atomic E-state index is 12.0. The predicted molar refractivity (Wildman–Crippen MR) is 59.2 cm³/mol. The highest BCUT2D eigenvalue weighted by atomic mass is 16.1. The number of aromatic nitrogens is 1. The van der Waals surface area contributed by atoms with Gasteiger partial charge in [-0.2, -0.15) is 0 Å². The molecule has 2 atom stereocenters. The van der Waals surface area contributed by atoms with Gasteiger partial charge in [-0.3, -0.25) is 4.79 Å². The lowest BCUT2D eigenvalue weighted by Gasteiger charge is -2.37. The minimum atomic E-state index is 0.212. The van der Waals surface area contributed by atoms with Crippen LogP contribution in [0.2, 0.25) is 0 Å². The van der Waals surface area contributed by atoms with Gasteiger partial charge in [-0.25, -0.2) is 0 Å². The number of nitrogens with zero attached hydrogens (tertiary/aromatic N) is 1. The molecule has 3 heterocycles. The molecule has 1 saturated heterocycles. The van der Waals surface area contributed by atoms with Gasteiger partial charge in [-0.1, -0.05) is 6.07 Å². The van der Waals surface area contributed by atoms with Gasteiger partial charge in [0.25, 0.3) is 5.56 Å². The van der Waals surface area contributed by atoms with Crippen molar-refractivity contribution < 1.29 is 0 Å². The van der Waals surface area contributed by atoms with E-state index in [-0.39, 0.29) is 5.56 Å². The van der Waals surface area contributed by atoms with E-state index in [2.05, 4.69) is 11.4 Å². The Morgan fingerprint density at radius 3 is 3.13 bits per heavy atom. The Kier molecular flexibility index (Phi) is 1.96. The second kappa shape index (κ2) is 3.20. The lowest BCUT2D eigenvalue weighted by Crippen LogP contribution is -2.45. The quantitative estimate of drug-likeness (QED) is 0.680. The van der Waals surface area contributed by atoms with E-state index in [1.807, 2.05) is 17.6 Å². The van der Waals surface area contributed by atoms with Crippen LogP contribution in [0.15, 0.2) is 16.9 Å². The molecule has 0 aromatic carbocycles. The van der Waals surface area contributed by atoms with Gasteiger partial charge in [-0.05, 0) is 31.9 Å². The second-order valence-corrected chi connectivity index (χ2v) is 4.81. The van der Waals surface area contributed by atoms with E-state index < -0.39 is 0 Å². The Morgan fingerprint density at radius 2 is 2.27 bits per heavy atom. The van der Waals surface area contributed by atoms with Gasteiger partial charge >= 0.3 is 0 Å². The zero-order valence-electron chi connectivity index (χ0n) is 8.99. The average molecular weight is 204 g/mol. The molecular formula is C12H16N2O. The fraction of sp³-hybridized carbons (Fsp3) is 0.583. The van der Waals surface area contributed by atoms with Gasteiger partial charge in [0.1, 0.15) is 0 Å². The molecule has 2 bridgehead atoms. The summed E-state index contributed by atoms with van der Waals surface area (Å²) in [6.07, 6.45) is 1.25. The molecular weight excluding hydrogens is 188 g/mol. The molecule has 1 fully saturated rings. The molecule has 1 aromatic heterocycles. The van der Waals surface area contributed by atoms with E-state index in [0.29, 0.717) is 11.8 Å². The number of pyridine rings is 1. The second-order valence-electron chi connectivity index (χ2n) is 4.81. The summed E-state index contributed by atoms with van der Waals surface area (Å²) in [6.45, 7) is 4.90. The number of aryl methyl sites for hydroxylation is 1. The molecule has 2 aliphatic rings. The highest BCUT2D eigenvalue weighted by Crippen LogP contribution is 2.31. The molecule has 0 amide bonds. The largest absolute Gasteiger partial charge is 0.316 e. The van der Waals surface area contributed by atoms with Crippen LogP contribution >= 0.6 is 0 Å². The van der Waals surface area contributed by atoms with Gasteiger partial charge in [-0.15, -0.1) is 0 Å². The smallest absolute Gasteiger partial charge is 0.253 e. The van der Waals surface area contributed by atoms with Crippen molar-refractivity contribution in [2.75, 3.05) is 13.1 Å². The lowest BCUT2D eigenvalue weighted by atomic mass is 9.84. The van der Waals surface area contributed by atoms with Crippen LogP contribution in [0.25, 0.3) is 0 Å². The first-order valence-electron chi connectivity index (χ1n) is 5.67. The number of piperidine rings is 1. The van der Waals surface area contributed by atoms with Crippen LogP contribution in [0.4, 0.5) is 0 Å². The standard InChI is InChI=1S/C12H16N2O/c1-8-2-3-11-10-4-9(5-13-6-10)7-14(11)12(8)15/h2-3,9-10,13H,4-7H2,1H3/t9-,10+/m0/s1. The molecule has 15 heavy (non-hydrogen) atoms. The first-order valence-corrected chi connectivity index (χ1v) is 5.67. The van der Waals surface area contributed by atoms with Crippen molar-refractivity contribution in [3.05, 3.63) is 33.7 Å². The van der Waals surface area contributed by atoms with Crippen LogP contribution in [-0.2, 0) is 6.54 Å². The van der Waals surface area contributed by atoms with Crippen molar-refractivity contribution in [1.29, 1.82) is 0 Å². The van der Waals surface area contributed by atoms with Gasteiger partial charge in [0, 0.05) is 30.3 Å². The van der Waals surface area contributed by atoms with Crippen LogP contribution < -0.4 is 10.9 Å². The Hall–Kier alpha value is -1.09. The molecule has 1 aromatic rings. The third kappa shape index (κ3) is 1.34. The lowest BCUT2D eigenvalue weighted by molar-refractivity contribution is 0.257. The summed E-state index contributed by atoms with van der Waals surface area (Å²) in [6, 6.07) is 4.09. The van der Waals surface area contributed by atoms with Crippen molar-refractivity contribution in [2.24, 2.45) is 5.92 Å². The van der Waals surface area contributed by atoms with Crippen LogP contribution in [0.1, 0.15) is 23.6 Å². The van der Waals surface area contributed by atoms with E-state index in [0.717, 1.165) is 25.2 Å². The summed E-state index contributed by atoms with van der Waals surface area (Å²) in [4.78, 5) is 12.0.